The Labute approximate surface area is 224 Å². The van der Waals surface area contributed by atoms with Gasteiger partial charge < -0.3 is 14.6 Å². The zero-order valence-corrected chi connectivity index (χ0v) is 21.9. The van der Waals surface area contributed by atoms with Gasteiger partial charge in [0.2, 0.25) is 5.88 Å². The zero-order chi connectivity index (χ0) is 25.9. The highest BCUT2D eigenvalue weighted by atomic mass is 16.5. The smallest absolute Gasteiger partial charge is 0.213 e. The molecule has 6 heteroatoms. The summed E-state index contributed by atoms with van der Waals surface area (Å²) in [4.78, 5) is 9.46. The molecule has 1 saturated heterocycles. The maximum absolute atomic E-state index is 10.8. The summed E-state index contributed by atoms with van der Waals surface area (Å²) < 4.78 is 11.3. The number of aryl methyl sites for hydroxylation is 2. The number of aromatic nitrogens is 1. The predicted molar refractivity (Wildman–Crippen MR) is 150 cm³/mol. The summed E-state index contributed by atoms with van der Waals surface area (Å²) in [5.41, 5.74) is 6.63. The molecule has 1 aromatic heterocycles. The number of methoxy groups -OCH3 is 1. The number of aliphatic hydroxyl groups excluding tert-OH is 1. The van der Waals surface area contributed by atoms with Crippen LogP contribution in [0.3, 0.4) is 0 Å². The number of nitrogens with zero attached hydrogens (tertiary/aromatic N) is 3. The Morgan fingerprint density at radius 3 is 2.21 bits per heavy atom. The highest BCUT2D eigenvalue weighted by Crippen LogP contribution is 2.37. The van der Waals surface area contributed by atoms with E-state index in [-0.39, 0.29) is 6.61 Å². The van der Waals surface area contributed by atoms with E-state index in [9.17, 15) is 5.11 Å². The SMILES string of the molecule is COc1ccc2c(OCC(O)CN3CCN(C4c5ccccc5CCc5ccccc54)CC3)cccc2n1. The highest BCUT2D eigenvalue weighted by Gasteiger charge is 2.31. The number of fused-ring (bicyclic) bond motifs is 3. The Bertz CT molecular complexity index is 1350. The Balaban J connectivity index is 1.09. The van der Waals surface area contributed by atoms with Crippen molar-refractivity contribution in [3.63, 3.8) is 0 Å². The summed E-state index contributed by atoms with van der Waals surface area (Å²) in [6.07, 6.45) is 1.62. The van der Waals surface area contributed by atoms with Crippen molar-refractivity contribution >= 4 is 10.9 Å². The van der Waals surface area contributed by atoms with Crippen molar-refractivity contribution in [3.05, 3.63) is 101 Å². The normalized spacial score (nSPS) is 17.4. The molecule has 196 valence electrons. The van der Waals surface area contributed by atoms with Gasteiger partial charge in [-0.1, -0.05) is 54.6 Å². The number of hydrogen-bond donors (Lipinski definition) is 1. The minimum atomic E-state index is -0.567. The molecule has 1 aliphatic heterocycles. The lowest BCUT2D eigenvalue weighted by Gasteiger charge is -2.40. The van der Waals surface area contributed by atoms with Crippen LogP contribution in [0.4, 0.5) is 0 Å². The first-order valence-corrected chi connectivity index (χ1v) is 13.6. The van der Waals surface area contributed by atoms with E-state index < -0.39 is 6.10 Å². The van der Waals surface area contributed by atoms with Crippen LogP contribution in [0.2, 0.25) is 0 Å². The van der Waals surface area contributed by atoms with Crippen LogP contribution >= 0.6 is 0 Å². The molecule has 0 amide bonds. The fourth-order valence-corrected chi connectivity index (χ4v) is 5.98. The molecule has 2 heterocycles. The third-order valence-corrected chi connectivity index (χ3v) is 7.91. The van der Waals surface area contributed by atoms with Gasteiger partial charge in [-0.3, -0.25) is 9.80 Å². The van der Waals surface area contributed by atoms with Crippen LogP contribution in [-0.2, 0) is 12.8 Å². The van der Waals surface area contributed by atoms with E-state index in [0.29, 0.717) is 18.5 Å². The molecular formula is C32H35N3O3. The zero-order valence-electron chi connectivity index (χ0n) is 21.9. The van der Waals surface area contributed by atoms with Crippen molar-refractivity contribution < 1.29 is 14.6 Å². The van der Waals surface area contributed by atoms with Crippen LogP contribution in [-0.4, -0.2) is 72.4 Å². The minimum absolute atomic E-state index is 0.245. The molecule has 1 fully saturated rings. The minimum Gasteiger partial charge on any atom is -0.490 e. The second-order valence-corrected chi connectivity index (χ2v) is 10.3. The molecule has 1 N–H and O–H groups in total. The Morgan fingerprint density at radius 2 is 1.53 bits per heavy atom. The maximum atomic E-state index is 10.8. The number of hydrogen-bond acceptors (Lipinski definition) is 6. The maximum Gasteiger partial charge on any atom is 0.213 e. The molecule has 2 aliphatic rings. The van der Waals surface area contributed by atoms with Gasteiger partial charge in [-0.25, -0.2) is 4.98 Å². The van der Waals surface area contributed by atoms with E-state index >= 15 is 0 Å². The Morgan fingerprint density at radius 1 is 0.842 bits per heavy atom. The molecule has 1 unspecified atom stereocenters. The fourth-order valence-electron chi connectivity index (χ4n) is 5.98. The number of benzene rings is 3. The third kappa shape index (κ3) is 5.12. The molecule has 38 heavy (non-hydrogen) atoms. The number of piperazine rings is 1. The lowest BCUT2D eigenvalue weighted by Crippen LogP contribution is -2.50. The van der Waals surface area contributed by atoms with Crippen LogP contribution in [0.5, 0.6) is 11.6 Å². The molecular weight excluding hydrogens is 474 g/mol. The largest absolute Gasteiger partial charge is 0.490 e. The van der Waals surface area contributed by atoms with E-state index in [2.05, 4.69) is 63.3 Å². The van der Waals surface area contributed by atoms with Crippen LogP contribution in [0.1, 0.15) is 28.3 Å². The molecule has 6 nitrogen and oxygen atoms in total. The quantitative estimate of drug-likeness (QED) is 0.396. The van der Waals surface area contributed by atoms with E-state index in [1.807, 2.05) is 30.3 Å². The van der Waals surface area contributed by atoms with Gasteiger partial charge in [0.1, 0.15) is 18.5 Å². The van der Waals surface area contributed by atoms with Gasteiger partial charge in [0.25, 0.3) is 0 Å². The van der Waals surface area contributed by atoms with Gasteiger partial charge in [0, 0.05) is 44.2 Å². The fraction of sp³-hybridized carbons (Fsp3) is 0.344. The van der Waals surface area contributed by atoms with Gasteiger partial charge in [-0.2, -0.15) is 0 Å². The average molecular weight is 510 g/mol. The molecule has 1 atom stereocenters. The molecule has 1 aliphatic carbocycles. The lowest BCUT2D eigenvalue weighted by molar-refractivity contribution is 0.0403. The number of rotatable bonds is 7. The summed E-state index contributed by atoms with van der Waals surface area (Å²) in [5.74, 6) is 1.30. The summed E-state index contributed by atoms with van der Waals surface area (Å²) >= 11 is 0. The van der Waals surface area contributed by atoms with Gasteiger partial charge in [-0.15, -0.1) is 0 Å². The molecule has 0 radical (unpaired) electrons. The second kappa shape index (κ2) is 11.1. The molecule has 4 aromatic rings. The summed E-state index contributed by atoms with van der Waals surface area (Å²) in [6.45, 7) is 4.64. The van der Waals surface area contributed by atoms with Crippen molar-refractivity contribution in [2.45, 2.75) is 25.0 Å². The molecule has 0 saturated carbocycles. The van der Waals surface area contributed by atoms with E-state index in [1.54, 1.807) is 7.11 Å². The molecule has 0 spiro atoms. The predicted octanol–water partition coefficient (Wildman–Crippen LogP) is 4.49. The molecule has 6 rings (SSSR count). The summed E-state index contributed by atoms with van der Waals surface area (Å²) in [6, 6.07) is 27.7. The first-order chi connectivity index (χ1) is 18.7. The first kappa shape index (κ1) is 24.9. The van der Waals surface area contributed by atoms with Crippen molar-refractivity contribution in [1.29, 1.82) is 0 Å². The van der Waals surface area contributed by atoms with Crippen molar-refractivity contribution in [3.8, 4) is 11.6 Å². The van der Waals surface area contributed by atoms with Crippen molar-refractivity contribution in [1.82, 2.24) is 14.8 Å². The number of β-amino-alcohol motifs (C(OH)–C–C–N with tert-alkyl or cyclic N) is 1. The van der Waals surface area contributed by atoms with Crippen molar-refractivity contribution in [2.24, 2.45) is 0 Å². The highest BCUT2D eigenvalue weighted by molar-refractivity contribution is 5.85. The summed E-state index contributed by atoms with van der Waals surface area (Å²) in [5, 5.41) is 11.7. The van der Waals surface area contributed by atoms with Crippen LogP contribution in [0.15, 0.2) is 78.9 Å². The van der Waals surface area contributed by atoms with Crippen molar-refractivity contribution in [2.75, 3.05) is 46.4 Å². The second-order valence-electron chi connectivity index (χ2n) is 10.3. The van der Waals surface area contributed by atoms with E-state index in [4.69, 9.17) is 9.47 Å². The monoisotopic (exact) mass is 509 g/mol. The van der Waals surface area contributed by atoms with Crippen LogP contribution in [0.25, 0.3) is 10.9 Å². The average Bonchev–Trinajstić information content (AvgIpc) is 3.13. The number of aliphatic hydroxyl groups is 1. The van der Waals surface area contributed by atoms with Gasteiger partial charge >= 0.3 is 0 Å². The van der Waals surface area contributed by atoms with Gasteiger partial charge in [0.15, 0.2) is 0 Å². The molecule has 3 aromatic carbocycles. The number of pyridine rings is 1. The third-order valence-electron chi connectivity index (χ3n) is 7.91. The van der Waals surface area contributed by atoms with E-state index in [0.717, 1.165) is 55.7 Å². The van der Waals surface area contributed by atoms with Gasteiger partial charge in [-0.05, 0) is 53.3 Å². The standard InChI is InChI=1S/C32H35N3O3/c1-37-31-16-15-28-29(33-31)11-6-12-30(28)38-22-25(36)21-34-17-19-35(20-18-34)32-26-9-4-2-7-23(26)13-14-24-8-3-5-10-27(24)32/h2-12,15-16,25,32,36H,13-14,17-22H2,1H3. The Hall–Kier alpha value is -3.45. The van der Waals surface area contributed by atoms with E-state index in [1.165, 1.54) is 22.3 Å². The van der Waals surface area contributed by atoms with Crippen LogP contribution in [0, 0.1) is 0 Å². The topological polar surface area (TPSA) is 58.1 Å². The number of ether oxygens (including phenoxy) is 2. The first-order valence-electron chi connectivity index (χ1n) is 13.6. The van der Waals surface area contributed by atoms with Gasteiger partial charge in [0.05, 0.1) is 18.7 Å². The Kier molecular flexibility index (Phi) is 7.27. The van der Waals surface area contributed by atoms with Crippen LogP contribution < -0.4 is 9.47 Å². The molecule has 0 bridgehead atoms. The summed E-state index contributed by atoms with van der Waals surface area (Å²) in [7, 11) is 1.61. The lowest BCUT2D eigenvalue weighted by atomic mass is 9.92.